The van der Waals surface area contributed by atoms with Gasteiger partial charge in [-0.05, 0) is 43.9 Å². The van der Waals surface area contributed by atoms with Gasteiger partial charge in [-0.1, -0.05) is 30.7 Å². The Hall–Kier alpha value is -2.89. The fourth-order valence-electron chi connectivity index (χ4n) is 4.52. The highest BCUT2D eigenvalue weighted by molar-refractivity contribution is 5.96. The molecule has 4 rings (SSSR count). The van der Waals surface area contributed by atoms with E-state index in [4.69, 9.17) is 4.74 Å². The number of likely N-dealkylation sites (tertiary alicyclic amines) is 1. The van der Waals surface area contributed by atoms with Gasteiger partial charge in [0.05, 0.1) is 7.11 Å². The predicted octanol–water partition coefficient (Wildman–Crippen LogP) is 2.93. The number of ether oxygens (including phenoxy) is 1. The summed E-state index contributed by atoms with van der Waals surface area (Å²) in [7, 11) is 1.68. The molecule has 2 aliphatic rings. The number of aromatic nitrogens is 1. The number of pyridine rings is 1. The Balaban J connectivity index is 1.45. The summed E-state index contributed by atoms with van der Waals surface area (Å²) in [5.74, 6) is 0.619. The van der Waals surface area contributed by atoms with Crippen LogP contribution in [0.5, 0.6) is 5.75 Å². The van der Waals surface area contributed by atoms with E-state index in [1.807, 2.05) is 18.2 Å². The summed E-state index contributed by atoms with van der Waals surface area (Å²) in [5, 5.41) is 3.14. The molecule has 1 atom stereocenters. The lowest BCUT2D eigenvalue weighted by Crippen LogP contribution is -2.51. The first-order valence-corrected chi connectivity index (χ1v) is 10.3. The van der Waals surface area contributed by atoms with Gasteiger partial charge >= 0.3 is 0 Å². The average Bonchev–Trinajstić information content (AvgIpc) is 3.23. The minimum absolute atomic E-state index is 0.0760. The van der Waals surface area contributed by atoms with E-state index in [0.717, 1.165) is 37.0 Å². The third-order valence-electron chi connectivity index (χ3n) is 6.29. The third kappa shape index (κ3) is 3.71. The molecule has 1 aliphatic carbocycles. The minimum atomic E-state index is -0.431. The second-order valence-electron chi connectivity index (χ2n) is 7.92. The summed E-state index contributed by atoms with van der Waals surface area (Å²) < 4.78 is 5.56. The number of para-hydroxylation sites is 1. The maximum absolute atomic E-state index is 13.0. The highest BCUT2D eigenvalue weighted by atomic mass is 16.5. The van der Waals surface area contributed by atoms with Crippen LogP contribution in [0, 0.1) is 0 Å². The van der Waals surface area contributed by atoms with Gasteiger partial charge in [-0.3, -0.25) is 14.6 Å². The van der Waals surface area contributed by atoms with Gasteiger partial charge in [0, 0.05) is 30.3 Å². The number of nitrogens with zero attached hydrogens (tertiary/aromatic N) is 2. The van der Waals surface area contributed by atoms with E-state index in [-0.39, 0.29) is 17.2 Å². The van der Waals surface area contributed by atoms with Gasteiger partial charge < -0.3 is 15.0 Å². The van der Waals surface area contributed by atoms with Crippen LogP contribution in [-0.2, 0) is 10.2 Å². The lowest BCUT2D eigenvalue weighted by molar-refractivity contribution is -0.125. The Morgan fingerprint density at radius 2 is 1.97 bits per heavy atom. The third-order valence-corrected chi connectivity index (χ3v) is 6.29. The van der Waals surface area contributed by atoms with E-state index in [9.17, 15) is 9.59 Å². The molecule has 2 aromatic rings. The Morgan fingerprint density at radius 3 is 2.66 bits per heavy atom. The zero-order valence-electron chi connectivity index (χ0n) is 16.8. The van der Waals surface area contributed by atoms with Gasteiger partial charge in [0.2, 0.25) is 5.91 Å². The van der Waals surface area contributed by atoms with Gasteiger partial charge in [0.25, 0.3) is 5.91 Å². The molecule has 2 heterocycles. The molecule has 0 bridgehead atoms. The van der Waals surface area contributed by atoms with E-state index in [0.29, 0.717) is 25.2 Å². The molecule has 29 heavy (non-hydrogen) atoms. The number of hydrogen-bond donors (Lipinski definition) is 1. The molecule has 1 saturated heterocycles. The van der Waals surface area contributed by atoms with E-state index in [1.54, 1.807) is 36.4 Å². The number of amides is 2. The number of rotatable bonds is 6. The molecule has 2 fully saturated rings. The van der Waals surface area contributed by atoms with Crippen LogP contribution in [0.1, 0.15) is 48.2 Å². The van der Waals surface area contributed by atoms with Crippen molar-refractivity contribution in [1.29, 1.82) is 0 Å². The number of nitrogens with one attached hydrogen (secondary N) is 1. The summed E-state index contributed by atoms with van der Waals surface area (Å²) in [5.41, 5.74) is 1.45. The molecule has 1 aliphatic heterocycles. The molecule has 1 aromatic carbocycles. The monoisotopic (exact) mass is 393 g/mol. The van der Waals surface area contributed by atoms with Crippen molar-refractivity contribution in [2.45, 2.75) is 43.6 Å². The number of carbonyl (C=O) groups excluding carboxylic acids is 2. The molecular formula is C23H27N3O3. The van der Waals surface area contributed by atoms with E-state index in [2.05, 4.69) is 16.4 Å². The first kappa shape index (κ1) is 19.4. The van der Waals surface area contributed by atoms with Crippen LogP contribution in [0.15, 0.2) is 48.7 Å². The lowest BCUT2D eigenvalue weighted by atomic mass is 9.64. The molecule has 152 valence electrons. The smallest absolute Gasteiger partial charge is 0.273 e. The summed E-state index contributed by atoms with van der Waals surface area (Å²) >= 11 is 0. The van der Waals surface area contributed by atoms with Crippen LogP contribution in [0.2, 0.25) is 0 Å². The average molecular weight is 393 g/mol. The Kier molecular flexibility index (Phi) is 5.51. The van der Waals surface area contributed by atoms with E-state index < -0.39 is 6.04 Å². The zero-order valence-corrected chi connectivity index (χ0v) is 16.8. The van der Waals surface area contributed by atoms with Crippen molar-refractivity contribution in [3.63, 3.8) is 0 Å². The zero-order chi connectivity index (χ0) is 20.3. The highest BCUT2D eigenvalue weighted by Gasteiger charge is 2.42. The fraction of sp³-hybridized carbons (Fsp3) is 0.435. The first-order valence-electron chi connectivity index (χ1n) is 10.3. The molecule has 6 nitrogen and oxygen atoms in total. The van der Waals surface area contributed by atoms with Crippen LogP contribution < -0.4 is 10.1 Å². The Bertz CT molecular complexity index is 880. The number of hydrogen-bond acceptors (Lipinski definition) is 4. The molecule has 1 N–H and O–H groups in total. The molecule has 0 spiro atoms. The van der Waals surface area contributed by atoms with Crippen molar-refractivity contribution in [3.05, 3.63) is 59.9 Å². The molecule has 0 radical (unpaired) electrons. The van der Waals surface area contributed by atoms with Crippen LogP contribution in [0.4, 0.5) is 0 Å². The summed E-state index contributed by atoms with van der Waals surface area (Å²) in [4.78, 5) is 31.6. The maximum Gasteiger partial charge on any atom is 0.273 e. The number of methoxy groups -OCH3 is 1. The lowest BCUT2D eigenvalue weighted by Gasteiger charge is -2.43. The van der Waals surface area contributed by atoms with Crippen molar-refractivity contribution in [2.24, 2.45) is 0 Å². The van der Waals surface area contributed by atoms with E-state index >= 15 is 0 Å². The highest BCUT2D eigenvalue weighted by Crippen LogP contribution is 2.46. The standard InChI is InChI=1S/C23H27N3O3/c1-29-20-11-3-2-8-17(20)23(12-7-13-23)16-25-21(27)19-10-6-15-26(19)22(28)18-9-4-5-14-24-18/h2-5,8-9,11,14,19H,6-7,10,12-13,15-16H2,1H3,(H,25,27)/t19-/m0/s1. The van der Waals surface area contributed by atoms with Crippen molar-refractivity contribution in [2.75, 3.05) is 20.2 Å². The van der Waals surface area contributed by atoms with Crippen molar-refractivity contribution in [3.8, 4) is 5.75 Å². The van der Waals surface area contributed by atoms with Crippen molar-refractivity contribution < 1.29 is 14.3 Å². The fourth-order valence-corrected chi connectivity index (χ4v) is 4.52. The second kappa shape index (κ2) is 8.23. The SMILES string of the molecule is COc1ccccc1C1(CNC(=O)[C@@H]2CCCN2C(=O)c2ccccn2)CCC1. The molecule has 1 aromatic heterocycles. The minimum Gasteiger partial charge on any atom is -0.496 e. The summed E-state index contributed by atoms with van der Waals surface area (Å²) in [6.07, 6.45) is 6.30. The molecule has 1 saturated carbocycles. The van der Waals surface area contributed by atoms with Gasteiger partial charge in [0.1, 0.15) is 17.5 Å². The van der Waals surface area contributed by atoms with Crippen molar-refractivity contribution in [1.82, 2.24) is 15.2 Å². The topological polar surface area (TPSA) is 71.5 Å². The molecular weight excluding hydrogens is 366 g/mol. The molecule has 2 amide bonds. The van der Waals surface area contributed by atoms with Gasteiger partial charge in [0.15, 0.2) is 0 Å². The molecule has 0 unspecified atom stereocenters. The predicted molar refractivity (Wildman–Crippen MR) is 110 cm³/mol. The number of benzene rings is 1. The van der Waals surface area contributed by atoms with Crippen LogP contribution in [-0.4, -0.2) is 47.9 Å². The maximum atomic E-state index is 13.0. The largest absolute Gasteiger partial charge is 0.496 e. The van der Waals surface area contributed by atoms with Gasteiger partial charge in [-0.2, -0.15) is 0 Å². The van der Waals surface area contributed by atoms with Crippen molar-refractivity contribution >= 4 is 11.8 Å². The summed E-state index contributed by atoms with van der Waals surface area (Å²) in [6.45, 7) is 1.15. The number of carbonyl (C=O) groups is 2. The molecule has 6 heteroatoms. The first-order chi connectivity index (χ1) is 14.1. The van der Waals surface area contributed by atoms with Crippen LogP contribution >= 0.6 is 0 Å². The summed E-state index contributed by atoms with van der Waals surface area (Å²) in [6, 6.07) is 12.9. The normalized spacial score (nSPS) is 20.0. The van der Waals surface area contributed by atoms with E-state index in [1.165, 1.54) is 0 Å². The Labute approximate surface area is 171 Å². The Morgan fingerprint density at radius 1 is 1.17 bits per heavy atom. The van der Waals surface area contributed by atoms with Crippen LogP contribution in [0.25, 0.3) is 0 Å². The van der Waals surface area contributed by atoms with Gasteiger partial charge in [-0.25, -0.2) is 0 Å². The second-order valence-corrected chi connectivity index (χ2v) is 7.92. The van der Waals surface area contributed by atoms with Crippen LogP contribution in [0.3, 0.4) is 0 Å². The van der Waals surface area contributed by atoms with Gasteiger partial charge in [-0.15, -0.1) is 0 Å². The quantitative estimate of drug-likeness (QED) is 0.819.